The zero-order valence-corrected chi connectivity index (χ0v) is 13.8. The van der Waals surface area contributed by atoms with Gasteiger partial charge in [0.25, 0.3) is 0 Å². The maximum atomic E-state index is 13.0. The van der Waals surface area contributed by atoms with Crippen LogP contribution in [0.15, 0.2) is 45.3 Å². The van der Waals surface area contributed by atoms with E-state index in [0.717, 1.165) is 0 Å². The molecule has 0 aromatic heterocycles. The molecule has 0 spiro atoms. The number of ether oxygens (including phenoxy) is 1. The van der Waals surface area contributed by atoms with Crippen LogP contribution in [-0.2, 0) is 4.74 Å². The Hall–Kier alpha value is -2.46. The molecule has 0 bridgehead atoms. The van der Waals surface area contributed by atoms with Gasteiger partial charge in [-0.1, -0.05) is 30.3 Å². The predicted octanol–water partition coefficient (Wildman–Crippen LogP) is -0.853. The van der Waals surface area contributed by atoms with Gasteiger partial charge in [-0.3, -0.25) is 15.5 Å². The highest BCUT2D eigenvalue weighted by Gasteiger charge is 2.49. The fourth-order valence-corrected chi connectivity index (χ4v) is 3.24. The van der Waals surface area contributed by atoms with Gasteiger partial charge in [-0.25, -0.2) is 9.98 Å². The summed E-state index contributed by atoms with van der Waals surface area (Å²) in [6, 6.07) is 8.56. The Labute approximate surface area is 150 Å². The predicted molar refractivity (Wildman–Crippen MR) is 94.1 cm³/mol. The van der Waals surface area contributed by atoms with E-state index in [9.17, 15) is 15.0 Å². The lowest BCUT2D eigenvalue weighted by Gasteiger charge is -2.30. The second kappa shape index (κ2) is 6.36. The van der Waals surface area contributed by atoms with E-state index in [1.54, 1.807) is 35.2 Å². The van der Waals surface area contributed by atoms with Gasteiger partial charge in [-0.15, -0.1) is 0 Å². The molecule has 0 amide bonds. The van der Waals surface area contributed by atoms with Crippen molar-refractivity contribution in [1.82, 2.24) is 4.90 Å². The monoisotopic (exact) mass is 358 g/mol. The van der Waals surface area contributed by atoms with Crippen LogP contribution in [0.3, 0.4) is 0 Å². The van der Waals surface area contributed by atoms with Crippen LogP contribution >= 0.6 is 0 Å². The van der Waals surface area contributed by atoms with Crippen molar-refractivity contribution >= 4 is 23.7 Å². The van der Waals surface area contributed by atoms with E-state index in [2.05, 4.69) is 15.0 Å². The number of rotatable bonds is 4. The van der Waals surface area contributed by atoms with Gasteiger partial charge in [-0.05, 0) is 0 Å². The Morgan fingerprint density at radius 1 is 1.46 bits per heavy atom. The minimum atomic E-state index is -1.93. The number of aliphatic hydroxyl groups is 2. The lowest BCUT2D eigenvalue weighted by atomic mass is 9.93. The molecule has 1 unspecified atom stereocenters. The molecular formula is C17H19N5O4. The van der Waals surface area contributed by atoms with Crippen LogP contribution in [0.1, 0.15) is 18.1 Å². The maximum absolute atomic E-state index is 13.0. The number of aliphatic imine (C=N–C) groups is 3. The number of amidine groups is 1. The first-order chi connectivity index (χ1) is 12.9. The lowest BCUT2D eigenvalue weighted by Crippen LogP contribution is -2.59. The third kappa shape index (κ3) is 2.56. The standard InChI is InChI=1S/C17H19N5O4/c18-17(15(25)10-4-2-1-3-5-10)14-16(19-8-21-17)22(9-20-14)13-6-11(24)12(7-23)26-13/h1-5,8,11-13,23-24H,6-7,9,18H2/t11-,12+,13+,17?/m0/s1/i11D. The first-order valence-corrected chi connectivity index (χ1v) is 8.17. The quantitative estimate of drug-likeness (QED) is 0.600. The third-order valence-electron chi connectivity index (χ3n) is 4.64. The summed E-state index contributed by atoms with van der Waals surface area (Å²) < 4.78 is 13.5. The fourth-order valence-electron chi connectivity index (χ4n) is 3.24. The zero-order valence-electron chi connectivity index (χ0n) is 14.8. The molecule has 3 aliphatic heterocycles. The average molecular weight is 358 g/mol. The van der Waals surface area contributed by atoms with Crippen molar-refractivity contribution in [3.8, 4) is 0 Å². The molecule has 9 heteroatoms. The molecule has 1 saturated heterocycles. The normalized spacial score (nSPS) is 36.4. The molecule has 3 aliphatic rings. The molecule has 3 heterocycles. The van der Waals surface area contributed by atoms with Crippen LogP contribution < -0.4 is 5.73 Å². The summed E-state index contributed by atoms with van der Waals surface area (Å²) in [5.41, 5.74) is 5.24. The molecule has 26 heavy (non-hydrogen) atoms. The molecule has 1 aromatic carbocycles. The van der Waals surface area contributed by atoms with Gasteiger partial charge in [0.15, 0.2) is 5.84 Å². The van der Waals surface area contributed by atoms with E-state index < -0.39 is 36.5 Å². The molecule has 0 saturated carbocycles. The van der Waals surface area contributed by atoms with Crippen molar-refractivity contribution in [3.63, 3.8) is 0 Å². The lowest BCUT2D eigenvalue weighted by molar-refractivity contribution is -0.0560. The van der Waals surface area contributed by atoms with E-state index in [-0.39, 0.29) is 18.8 Å². The van der Waals surface area contributed by atoms with E-state index in [1.165, 1.54) is 6.34 Å². The minimum Gasteiger partial charge on any atom is -0.394 e. The van der Waals surface area contributed by atoms with Crippen LogP contribution in [-0.4, -0.2) is 76.1 Å². The summed E-state index contributed by atoms with van der Waals surface area (Å²) in [7, 11) is 0. The molecule has 1 fully saturated rings. The van der Waals surface area contributed by atoms with Crippen molar-refractivity contribution in [3.05, 3.63) is 35.9 Å². The van der Waals surface area contributed by atoms with Gasteiger partial charge in [0.1, 0.15) is 31.1 Å². The maximum Gasteiger partial charge on any atom is 0.219 e. The van der Waals surface area contributed by atoms with E-state index >= 15 is 0 Å². The van der Waals surface area contributed by atoms with Crippen LogP contribution in [0.2, 0.25) is 0 Å². The van der Waals surface area contributed by atoms with E-state index in [4.69, 9.17) is 11.8 Å². The number of carbonyl (C=O) groups excluding carboxylic acids is 1. The number of nitrogens with zero attached hydrogens (tertiary/aromatic N) is 4. The summed E-state index contributed by atoms with van der Waals surface area (Å²) in [5, 5.41) is 19.4. The van der Waals surface area contributed by atoms with Crippen molar-refractivity contribution in [2.24, 2.45) is 20.7 Å². The Kier molecular flexibility index (Phi) is 3.86. The SMILES string of the molecule is [2H][C@]1(O)C[C@H](N2CN=C3C2=NC=NC3(N)C(=O)c2ccccc2)O[C@@H]1CO. The number of Topliss-reactive ketones (excluding diaryl/α,β-unsaturated/α-hetero) is 1. The Balaban J connectivity index is 1.61. The second-order valence-electron chi connectivity index (χ2n) is 6.23. The molecule has 1 aromatic rings. The summed E-state index contributed by atoms with van der Waals surface area (Å²) >= 11 is 0. The van der Waals surface area contributed by atoms with Gasteiger partial charge in [0.2, 0.25) is 11.4 Å². The molecule has 0 aliphatic carbocycles. The smallest absolute Gasteiger partial charge is 0.219 e. The highest BCUT2D eigenvalue weighted by atomic mass is 16.5. The van der Waals surface area contributed by atoms with E-state index in [1.807, 2.05) is 0 Å². The number of hydrogen-bond donors (Lipinski definition) is 3. The van der Waals surface area contributed by atoms with Gasteiger partial charge < -0.3 is 19.8 Å². The third-order valence-corrected chi connectivity index (χ3v) is 4.64. The second-order valence-corrected chi connectivity index (χ2v) is 6.23. The van der Waals surface area contributed by atoms with Crippen LogP contribution in [0.25, 0.3) is 0 Å². The topological polar surface area (TPSA) is 133 Å². The number of fused-ring (bicyclic) bond motifs is 1. The number of carbonyl (C=O) groups is 1. The number of ketones is 1. The van der Waals surface area contributed by atoms with Gasteiger partial charge in [0, 0.05) is 12.0 Å². The van der Waals surface area contributed by atoms with Crippen LogP contribution in [0.5, 0.6) is 0 Å². The zero-order chi connectivity index (χ0) is 19.2. The van der Waals surface area contributed by atoms with Crippen LogP contribution in [0, 0.1) is 0 Å². The fraction of sp³-hybridized carbons (Fsp3) is 0.412. The Morgan fingerprint density at radius 3 is 2.92 bits per heavy atom. The number of hydrogen-bond acceptors (Lipinski definition) is 9. The molecule has 4 rings (SSSR count). The molecule has 9 nitrogen and oxygen atoms in total. The van der Waals surface area contributed by atoms with Crippen molar-refractivity contribution in [1.29, 1.82) is 0 Å². The molecule has 136 valence electrons. The minimum absolute atomic E-state index is 0.0681. The molecular weight excluding hydrogens is 338 g/mol. The van der Waals surface area contributed by atoms with Crippen molar-refractivity contribution in [2.45, 2.75) is 30.5 Å². The number of nitrogens with two attached hydrogens (primary N) is 1. The summed E-state index contributed by atoms with van der Waals surface area (Å²) in [6.45, 7) is -0.392. The van der Waals surface area contributed by atoms with E-state index in [0.29, 0.717) is 11.4 Å². The summed E-state index contributed by atoms with van der Waals surface area (Å²) in [6.07, 6.45) is -2.56. The highest BCUT2D eigenvalue weighted by molar-refractivity contribution is 6.52. The first-order valence-electron chi connectivity index (χ1n) is 8.67. The average Bonchev–Trinajstić information content (AvgIpc) is 3.23. The molecule has 4 N–H and O–H groups in total. The number of benzene rings is 1. The van der Waals surface area contributed by atoms with Crippen molar-refractivity contribution in [2.75, 3.05) is 13.3 Å². The van der Waals surface area contributed by atoms with Gasteiger partial charge in [0.05, 0.1) is 14.1 Å². The Bertz CT molecular complexity index is 856. The van der Waals surface area contributed by atoms with Gasteiger partial charge in [-0.2, -0.15) is 0 Å². The van der Waals surface area contributed by atoms with Crippen LogP contribution in [0.4, 0.5) is 0 Å². The summed E-state index contributed by atoms with van der Waals surface area (Å²) in [5.74, 6) is -0.0962. The molecule has 0 radical (unpaired) electrons. The largest absolute Gasteiger partial charge is 0.394 e. The van der Waals surface area contributed by atoms with Gasteiger partial charge >= 0.3 is 0 Å². The first kappa shape index (κ1) is 15.8. The Morgan fingerprint density at radius 2 is 2.23 bits per heavy atom. The molecule has 4 atom stereocenters. The number of aliphatic hydroxyl groups excluding tert-OH is 1. The summed E-state index contributed by atoms with van der Waals surface area (Å²) in [4.78, 5) is 27.2. The van der Waals surface area contributed by atoms with Crippen molar-refractivity contribution < 1.29 is 21.1 Å². The highest BCUT2D eigenvalue weighted by Crippen LogP contribution is 2.29.